The number of ether oxygens (including phenoxy) is 2. The standard InChI is InChI=1S/C22H28ClO3P.Li/c1-4-6-9-16(5-2)15-26-17-12-13-21(19(23)14-17)27-22(24)18-10-7-8-11-20(18)25-3;/h7-8,10-14,16,27H,4-6,9,15H2,1-3H3;/q;+1. The molecule has 0 aliphatic carbocycles. The van der Waals surface area contributed by atoms with E-state index in [9.17, 15) is 4.79 Å². The minimum Gasteiger partial charge on any atom is -0.496 e. The minimum atomic E-state index is -0.0587. The van der Waals surface area contributed by atoms with Crippen LogP contribution in [0.5, 0.6) is 11.5 Å². The van der Waals surface area contributed by atoms with E-state index in [-0.39, 0.29) is 33.0 Å². The van der Waals surface area contributed by atoms with Gasteiger partial charge in [0.05, 0.1) is 24.3 Å². The van der Waals surface area contributed by atoms with Gasteiger partial charge < -0.3 is 9.47 Å². The van der Waals surface area contributed by atoms with E-state index >= 15 is 0 Å². The molecule has 0 aliphatic rings. The van der Waals surface area contributed by atoms with Crippen molar-refractivity contribution in [3.63, 3.8) is 0 Å². The third kappa shape index (κ3) is 7.45. The molecular formula is C22H28ClLiO3P+. The van der Waals surface area contributed by atoms with Crippen LogP contribution in [0, 0.1) is 5.92 Å². The van der Waals surface area contributed by atoms with E-state index < -0.39 is 0 Å². The number of benzene rings is 2. The number of methoxy groups -OCH3 is 1. The fourth-order valence-corrected chi connectivity index (χ4v) is 4.08. The van der Waals surface area contributed by atoms with Gasteiger partial charge in [-0.05, 0) is 56.6 Å². The molecule has 0 spiro atoms. The van der Waals surface area contributed by atoms with Gasteiger partial charge in [0.1, 0.15) is 11.5 Å². The quantitative estimate of drug-likeness (QED) is 0.419. The molecule has 2 atom stereocenters. The fraction of sp³-hybridized carbons (Fsp3) is 0.409. The molecule has 0 saturated carbocycles. The zero-order valence-corrected chi connectivity index (χ0v) is 19.0. The maximum absolute atomic E-state index is 12.6. The summed E-state index contributed by atoms with van der Waals surface area (Å²) in [5.74, 6) is 1.91. The number of hydrogen-bond acceptors (Lipinski definition) is 3. The number of carbonyl (C=O) groups is 1. The first-order valence-electron chi connectivity index (χ1n) is 9.45. The summed E-state index contributed by atoms with van der Waals surface area (Å²) in [6.07, 6.45) is 4.74. The van der Waals surface area contributed by atoms with Crippen molar-refractivity contribution < 1.29 is 33.1 Å². The Labute approximate surface area is 187 Å². The Morgan fingerprint density at radius 2 is 1.93 bits per heavy atom. The fourth-order valence-electron chi connectivity index (χ4n) is 2.82. The predicted octanol–water partition coefficient (Wildman–Crippen LogP) is 3.09. The summed E-state index contributed by atoms with van der Waals surface area (Å²) < 4.78 is 11.2. The van der Waals surface area contributed by atoms with E-state index in [1.165, 1.54) is 19.3 Å². The van der Waals surface area contributed by atoms with Crippen molar-refractivity contribution in [3.8, 4) is 11.5 Å². The number of hydrogen-bond donors (Lipinski definition) is 0. The smallest absolute Gasteiger partial charge is 0.496 e. The maximum Gasteiger partial charge on any atom is 1.00 e. The third-order valence-electron chi connectivity index (χ3n) is 4.57. The Hall–Kier alpha value is -0.973. The molecule has 0 saturated heterocycles. The van der Waals surface area contributed by atoms with Crippen LogP contribution >= 0.6 is 20.2 Å². The Morgan fingerprint density at radius 3 is 2.57 bits per heavy atom. The van der Waals surface area contributed by atoms with Gasteiger partial charge in [-0.3, -0.25) is 4.79 Å². The van der Waals surface area contributed by atoms with Crippen molar-refractivity contribution in [2.24, 2.45) is 5.92 Å². The first-order valence-corrected chi connectivity index (χ1v) is 10.8. The second-order valence-electron chi connectivity index (χ2n) is 6.52. The molecule has 28 heavy (non-hydrogen) atoms. The molecule has 2 aromatic carbocycles. The Kier molecular flexibility index (Phi) is 11.9. The largest absolute Gasteiger partial charge is 1.00 e. The molecule has 2 unspecified atom stereocenters. The Morgan fingerprint density at radius 1 is 1.18 bits per heavy atom. The van der Waals surface area contributed by atoms with Crippen LogP contribution in [0.25, 0.3) is 0 Å². The molecule has 6 heteroatoms. The minimum absolute atomic E-state index is 0. The summed E-state index contributed by atoms with van der Waals surface area (Å²) in [6.45, 7) is 5.11. The zero-order chi connectivity index (χ0) is 19.6. The molecule has 0 fully saturated rings. The summed E-state index contributed by atoms with van der Waals surface area (Å²) in [4.78, 5) is 12.6. The molecule has 2 rings (SSSR count). The van der Waals surface area contributed by atoms with Crippen LogP contribution in [-0.4, -0.2) is 19.2 Å². The SMILES string of the molecule is CCCCC(CC)COc1ccc(PC(=O)c2ccccc2OC)c(Cl)c1.[Li+]. The number of unbranched alkanes of at least 4 members (excludes halogenated alkanes) is 1. The van der Waals surface area contributed by atoms with Crippen molar-refractivity contribution >= 4 is 31.0 Å². The van der Waals surface area contributed by atoms with Crippen LogP contribution in [0.2, 0.25) is 5.02 Å². The van der Waals surface area contributed by atoms with Crippen LogP contribution in [0.1, 0.15) is 49.9 Å². The van der Waals surface area contributed by atoms with E-state index in [2.05, 4.69) is 13.8 Å². The van der Waals surface area contributed by atoms with Crippen molar-refractivity contribution in [3.05, 3.63) is 53.1 Å². The van der Waals surface area contributed by atoms with Crippen molar-refractivity contribution in [2.75, 3.05) is 13.7 Å². The third-order valence-corrected chi connectivity index (χ3v) is 6.24. The number of halogens is 1. The number of rotatable bonds is 11. The number of carbonyl (C=O) groups excluding carboxylic acids is 1. The molecule has 0 aromatic heterocycles. The molecule has 146 valence electrons. The predicted molar refractivity (Wildman–Crippen MR) is 116 cm³/mol. The summed E-state index contributed by atoms with van der Waals surface area (Å²) in [7, 11) is 1.51. The second-order valence-corrected chi connectivity index (χ2v) is 8.17. The zero-order valence-electron chi connectivity index (χ0n) is 17.3. The van der Waals surface area contributed by atoms with Crippen LogP contribution in [-0.2, 0) is 0 Å². The van der Waals surface area contributed by atoms with Crippen molar-refractivity contribution in [1.82, 2.24) is 0 Å². The topological polar surface area (TPSA) is 35.5 Å². The second kappa shape index (κ2) is 13.3. The van der Waals surface area contributed by atoms with Gasteiger partial charge in [0.25, 0.3) is 0 Å². The molecule has 0 heterocycles. The van der Waals surface area contributed by atoms with E-state index in [1.54, 1.807) is 19.2 Å². The molecule has 0 bridgehead atoms. The molecular weight excluding hydrogens is 386 g/mol. The van der Waals surface area contributed by atoms with Crippen LogP contribution in [0.3, 0.4) is 0 Å². The van der Waals surface area contributed by atoms with Gasteiger partial charge in [-0.15, -0.1) is 0 Å². The van der Waals surface area contributed by atoms with E-state index in [4.69, 9.17) is 21.1 Å². The molecule has 0 aliphatic heterocycles. The van der Waals surface area contributed by atoms with Gasteiger partial charge in [0, 0.05) is 0 Å². The van der Waals surface area contributed by atoms with Crippen molar-refractivity contribution in [2.45, 2.75) is 39.5 Å². The average molecular weight is 414 g/mol. The first kappa shape index (κ1) is 25.1. The summed E-state index contributed by atoms with van der Waals surface area (Å²) in [6, 6.07) is 12.8. The monoisotopic (exact) mass is 413 g/mol. The van der Waals surface area contributed by atoms with Crippen LogP contribution in [0.15, 0.2) is 42.5 Å². The molecule has 3 nitrogen and oxygen atoms in total. The summed E-state index contributed by atoms with van der Waals surface area (Å²) >= 11 is 6.41. The van der Waals surface area contributed by atoms with Crippen LogP contribution < -0.4 is 33.6 Å². The summed E-state index contributed by atoms with van der Waals surface area (Å²) in [5, 5.41) is 1.38. The average Bonchev–Trinajstić information content (AvgIpc) is 2.69. The Balaban J connectivity index is 0.00000392. The van der Waals surface area contributed by atoms with Gasteiger partial charge in [-0.2, -0.15) is 0 Å². The normalized spacial score (nSPS) is 11.9. The molecule has 0 N–H and O–H groups in total. The van der Waals surface area contributed by atoms with E-state index in [0.29, 0.717) is 28.9 Å². The van der Waals surface area contributed by atoms with Gasteiger partial charge in [-0.25, -0.2) is 0 Å². The van der Waals surface area contributed by atoms with Gasteiger partial charge in [0.15, 0.2) is 5.52 Å². The molecule has 0 amide bonds. The Bertz CT molecular complexity index is 754. The van der Waals surface area contributed by atoms with Gasteiger partial charge in [0.2, 0.25) is 0 Å². The number of para-hydroxylation sites is 1. The maximum atomic E-state index is 12.6. The van der Waals surface area contributed by atoms with Gasteiger partial charge in [-0.1, -0.05) is 56.8 Å². The van der Waals surface area contributed by atoms with Crippen molar-refractivity contribution in [1.29, 1.82) is 0 Å². The van der Waals surface area contributed by atoms with Gasteiger partial charge >= 0.3 is 18.9 Å². The molecule has 0 radical (unpaired) electrons. The first-order chi connectivity index (χ1) is 13.1. The summed E-state index contributed by atoms with van der Waals surface area (Å²) in [5.41, 5.74) is 0.588. The van der Waals surface area contributed by atoms with E-state index in [1.807, 2.05) is 30.3 Å². The van der Waals surface area contributed by atoms with Crippen LogP contribution in [0.4, 0.5) is 0 Å². The molecule has 2 aromatic rings. The van der Waals surface area contributed by atoms with E-state index in [0.717, 1.165) is 17.5 Å².